The molecule has 2 heterocycles. The Morgan fingerprint density at radius 1 is 1.18 bits per heavy atom. The summed E-state index contributed by atoms with van der Waals surface area (Å²) in [6.45, 7) is 0.340. The van der Waals surface area contributed by atoms with E-state index >= 15 is 0 Å². The van der Waals surface area contributed by atoms with Gasteiger partial charge in [0.2, 0.25) is 5.91 Å². The van der Waals surface area contributed by atoms with Gasteiger partial charge in [0.15, 0.2) is 11.5 Å². The van der Waals surface area contributed by atoms with E-state index in [9.17, 15) is 18.0 Å². The van der Waals surface area contributed by atoms with Crippen molar-refractivity contribution in [2.45, 2.75) is 12.6 Å². The van der Waals surface area contributed by atoms with Crippen LogP contribution < -0.4 is 14.8 Å². The summed E-state index contributed by atoms with van der Waals surface area (Å²) in [4.78, 5) is 21.5. The first-order valence-corrected chi connectivity index (χ1v) is 9.68. The number of carbonyl (C=O) groups excluding carboxylic acids is 1. The SMILES string of the molecule is COc1cccc2c1OCC(C(=O)Nc1ccc(-c3cn[nH]c3)cc1)C2.O=C(O)C(F)(F)F. The van der Waals surface area contributed by atoms with Gasteiger partial charge in [0.05, 0.1) is 19.2 Å². The third kappa shape index (κ3) is 6.03. The summed E-state index contributed by atoms with van der Waals surface area (Å²) in [5, 5.41) is 16.8. The normalized spacial score (nSPS) is 14.7. The van der Waals surface area contributed by atoms with Gasteiger partial charge in [-0.2, -0.15) is 18.3 Å². The van der Waals surface area contributed by atoms with Crippen molar-refractivity contribution in [1.29, 1.82) is 0 Å². The number of aliphatic carboxylic acids is 1. The zero-order valence-electron chi connectivity index (χ0n) is 17.3. The summed E-state index contributed by atoms with van der Waals surface area (Å²) >= 11 is 0. The number of para-hydroxylation sites is 1. The number of amides is 1. The Morgan fingerprint density at radius 2 is 1.88 bits per heavy atom. The molecule has 0 saturated carbocycles. The van der Waals surface area contributed by atoms with Crippen molar-refractivity contribution in [3.8, 4) is 22.6 Å². The number of aromatic nitrogens is 2. The van der Waals surface area contributed by atoms with Gasteiger partial charge in [0, 0.05) is 17.4 Å². The molecule has 4 rings (SSSR count). The van der Waals surface area contributed by atoms with Gasteiger partial charge >= 0.3 is 12.1 Å². The molecule has 2 aromatic carbocycles. The molecule has 0 radical (unpaired) electrons. The number of methoxy groups -OCH3 is 1. The third-order valence-electron chi connectivity index (χ3n) is 4.77. The molecule has 0 saturated heterocycles. The van der Waals surface area contributed by atoms with Crippen molar-refractivity contribution in [3.63, 3.8) is 0 Å². The summed E-state index contributed by atoms with van der Waals surface area (Å²) in [6, 6.07) is 13.4. The number of ether oxygens (including phenoxy) is 2. The lowest BCUT2D eigenvalue weighted by Crippen LogP contribution is -2.32. The van der Waals surface area contributed by atoms with E-state index in [-0.39, 0.29) is 11.8 Å². The van der Waals surface area contributed by atoms with Crippen molar-refractivity contribution in [3.05, 3.63) is 60.4 Å². The summed E-state index contributed by atoms with van der Waals surface area (Å²) in [5.41, 5.74) is 3.80. The molecular weight excluding hydrogens is 443 g/mol. The molecule has 1 aromatic heterocycles. The molecule has 1 unspecified atom stereocenters. The Labute approximate surface area is 186 Å². The quantitative estimate of drug-likeness (QED) is 0.541. The van der Waals surface area contributed by atoms with Crippen LogP contribution in [0.1, 0.15) is 5.56 Å². The second-order valence-corrected chi connectivity index (χ2v) is 7.02. The number of halogens is 3. The standard InChI is InChI=1S/C20H19N3O3.C2HF3O2/c1-25-18-4-2-3-14-9-15(12-26-19(14)18)20(24)23-17-7-5-13(6-8-17)16-10-21-22-11-16;3-2(4,5)1(6)7/h2-8,10-11,15H,9,12H2,1H3,(H,21,22)(H,23,24);(H,6,7). The molecule has 1 aliphatic heterocycles. The van der Waals surface area contributed by atoms with E-state index in [1.165, 1.54) is 0 Å². The largest absolute Gasteiger partial charge is 0.493 e. The number of hydrogen-bond acceptors (Lipinski definition) is 5. The maximum absolute atomic E-state index is 12.6. The van der Waals surface area contributed by atoms with Gasteiger partial charge in [-0.1, -0.05) is 24.3 Å². The summed E-state index contributed by atoms with van der Waals surface area (Å²) in [6.07, 6.45) is -0.858. The molecule has 0 aliphatic carbocycles. The second-order valence-electron chi connectivity index (χ2n) is 7.02. The fourth-order valence-electron chi connectivity index (χ4n) is 3.12. The fraction of sp³-hybridized carbons (Fsp3) is 0.227. The van der Waals surface area contributed by atoms with Crippen LogP contribution in [0.4, 0.5) is 18.9 Å². The van der Waals surface area contributed by atoms with Crippen LogP contribution in [-0.4, -0.2) is 47.1 Å². The zero-order chi connectivity index (χ0) is 24.0. The highest BCUT2D eigenvalue weighted by atomic mass is 19.4. The van der Waals surface area contributed by atoms with Crippen LogP contribution in [0.25, 0.3) is 11.1 Å². The minimum Gasteiger partial charge on any atom is -0.493 e. The average molecular weight is 463 g/mol. The lowest BCUT2D eigenvalue weighted by molar-refractivity contribution is -0.192. The molecule has 1 aliphatic rings. The van der Waals surface area contributed by atoms with E-state index < -0.39 is 12.1 Å². The number of rotatable bonds is 4. The first-order chi connectivity index (χ1) is 15.7. The predicted molar refractivity (Wildman–Crippen MR) is 112 cm³/mol. The van der Waals surface area contributed by atoms with Gasteiger partial charge in [0.1, 0.15) is 6.61 Å². The van der Waals surface area contributed by atoms with Gasteiger partial charge in [-0.25, -0.2) is 4.79 Å². The van der Waals surface area contributed by atoms with Crippen molar-refractivity contribution in [2.24, 2.45) is 5.92 Å². The number of nitrogens with one attached hydrogen (secondary N) is 2. The van der Waals surface area contributed by atoms with Crippen LogP contribution in [0, 0.1) is 5.92 Å². The Balaban J connectivity index is 0.000000383. The van der Waals surface area contributed by atoms with Crippen LogP contribution in [0.2, 0.25) is 0 Å². The number of H-pyrrole nitrogens is 1. The van der Waals surface area contributed by atoms with Crippen molar-refractivity contribution in [1.82, 2.24) is 10.2 Å². The lowest BCUT2D eigenvalue weighted by atomic mass is 9.95. The van der Waals surface area contributed by atoms with Gasteiger partial charge in [-0.15, -0.1) is 0 Å². The number of aromatic amines is 1. The van der Waals surface area contributed by atoms with Crippen molar-refractivity contribution >= 4 is 17.6 Å². The number of carbonyl (C=O) groups is 2. The number of nitrogens with zero attached hydrogens (tertiary/aromatic N) is 1. The Kier molecular flexibility index (Phi) is 7.21. The predicted octanol–water partition coefficient (Wildman–Crippen LogP) is 3.91. The van der Waals surface area contributed by atoms with E-state index in [0.717, 1.165) is 28.1 Å². The van der Waals surface area contributed by atoms with E-state index in [4.69, 9.17) is 19.4 Å². The Morgan fingerprint density at radius 3 is 2.45 bits per heavy atom. The van der Waals surface area contributed by atoms with Crippen LogP contribution in [0.3, 0.4) is 0 Å². The maximum Gasteiger partial charge on any atom is 0.490 e. The number of alkyl halides is 3. The van der Waals surface area contributed by atoms with E-state index in [0.29, 0.717) is 18.8 Å². The average Bonchev–Trinajstić information content (AvgIpc) is 3.33. The van der Waals surface area contributed by atoms with E-state index in [1.54, 1.807) is 13.3 Å². The Bertz CT molecular complexity index is 1100. The van der Waals surface area contributed by atoms with Gasteiger partial charge < -0.3 is 19.9 Å². The molecular formula is C22H20F3N3O5. The number of fused-ring (bicyclic) bond motifs is 1. The molecule has 3 N–H and O–H groups in total. The number of carboxylic acids is 1. The van der Waals surface area contributed by atoms with Crippen molar-refractivity contribution in [2.75, 3.05) is 19.0 Å². The second kappa shape index (κ2) is 10.1. The molecule has 0 fully saturated rings. The van der Waals surface area contributed by atoms with E-state index in [1.807, 2.05) is 48.7 Å². The highest BCUT2D eigenvalue weighted by Gasteiger charge is 2.38. The monoisotopic (exact) mass is 463 g/mol. The first-order valence-electron chi connectivity index (χ1n) is 9.68. The highest BCUT2D eigenvalue weighted by Crippen LogP contribution is 2.36. The molecule has 3 aromatic rings. The number of carboxylic acid groups (broad SMARTS) is 1. The first kappa shape index (κ1) is 23.6. The summed E-state index contributed by atoms with van der Waals surface area (Å²) < 4.78 is 42.8. The molecule has 1 amide bonds. The van der Waals surface area contributed by atoms with Gasteiger partial charge in [0.25, 0.3) is 0 Å². The Hall–Kier alpha value is -4.02. The third-order valence-corrected chi connectivity index (χ3v) is 4.77. The van der Waals surface area contributed by atoms with Gasteiger partial charge in [-0.3, -0.25) is 9.89 Å². The molecule has 0 spiro atoms. The minimum atomic E-state index is -5.08. The van der Waals surface area contributed by atoms with Crippen LogP contribution >= 0.6 is 0 Å². The van der Waals surface area contributed by atoms with Crippen LogP contribution in [0.5, 0.6) is 11.5 Å². The fourth-order valence-corrected chi connectivity index (χ4v) is 3.12. The number of hydrogen-bond donors (Lipinski definition) is 3. The van der Waals surface area contributed by atoms with E-state index in [2.05, 4.69) is 15.5 Å². The van der Waals surface area contributed by atoms with Crippen LogP contribution in [0.15, 0.2) is 54.9 Å². The summed E-state index contributed by atoms with van der Waals surface area (Å²) in [5.74, 6) is -1.59. The topological polar surface area (TPSA) is 114 Å². The zero-order valence-corrected chi connectivity index (χ0v) is 17.3. The number of anilines is 1. The lowest BCUT2D eigenvalue weighted by Gasteiger charge is -2.25. The minimum absolute atomic E-state index is 0.0467. The molecule has 33 heavy (non-hydrogen) atoms. The molecule has 11 heteroatoms. The van der Waals surface area contributed by atoms with Gasteiger partial charge in [-0.05, 0) is 35.7 Å². The van der Waals surface area contributed by atoms with Crippen LogP contribution in [-0.2, 0) is 16.0 Å². The molecule has 8 nitrogen and oxygen atoms in total. The maximum atomic E-state index is 12.6. The summed E-state index contributed by atoms with van der Waals surface area (Å²) in [7, 11) is 1.62. The molecule has 0 bridgehead atoms. The van der Waals surface area contributed by atoms with Crippen molar-refractivity contribution < 1.29 is 37.3 Å². The smallest absolute Gasteiger partial charge is 0.490 e. The molecule has 1 atom stereocenters. The number of benzene rings is 2. The molecule has 174 valence electrons. The highest BCUT2D eigenvalue weighted by molar-refractivity contribution is 5.93.